The van der Waals surface area contributed by atoms with Crippen molar-refractivity contribution in [2.45, 2.75) is 37.8 Å². The SMILES string of the molecule is COC1CCCC(Nc2ccc(OCC#N)cc2)C1. The lowest BCUT2D eigenvalue weighted by atomic mass is 9.92. The number of nitriles is 1. The second-order valence-electron chi connectivity index (χ2n) is 4.84. The zero-order valence-electron chi connectivity index (χ0n) is 11.3. The molecule has 0 spiro atoms. The van der Waals surface area contributed by atoms with Crippen molar-refractivity contribution < 1.29 is 9.47 Å². The average molecular weight is 260 g/mol. The summed E-state index contributed by atoms with van der Waals surface area (Å²) in [6.45, 7) is 0.0882. The smallest absolute Gasteiger partial charge is 0.174 e. The molecular formula is C15H20N2O2. The topological polar surface area (TPSA) is 54.3 Å². The molecule has 1 aromatic rings. The normalized spacial score (nSPS) is 22.5. The predicted molar refractivity (Wildman–Crippen MR) is 74.2 cm³/mol. The molecule has 0 bridgehead atoms. The molecule has 0 heterocycles. The molecule has 2 rings (SSSR count). The zero-order chi connectivity index (χ0) is 13.5. The molecule has 0 radical (unpaired) electrons. The van der Waals surface area contributed by atoms with Crippen molar-refractivity contribution in [3.8, 4) is 11.8 Å². The first-order valence-electron chi connectivity index (χ1n) is 6.71. The molecule has 0 amide bonds. The molecule has 1 fully saturated rings. The summed E-state index contributed by atoms with van der Waals surface area (Å²) < 4.78 is 10.7. The van der Waals surface area contributed by atoms with E-state index in [0.717, 1.165) is 24.3 Å². The molecule has 1 aliphatic rings. The van der Waals surface area contributed by atoms with Gasteiger partial charge in [0.25, 0.3) is 0 Å². The fraction of sp³-hybridized carbons (Fsp3) is 0.533. The number of hydrogen-bond donors (Lipinski definition) is 1. The summed E-state index contributed by atoms with van der Waals surface area (Å²) >= 11 is 0. The summed E-state index contributed by atoms with van der Waals surface area (Å²) in [5, 5.41) is 12.0. The van der Waals surface area contributed by atoms with Crippen LogP contribution in [0.1, 0.15) is 25.7 Å². The molecule has 4 nitrogen and oxygen atoms in total. The van der Waals surface area contributed by atoms with Gasteiger partial charge in [0.1, 0.15) is 11.8 Å². The van der Waals surface area contributed by atoms with Gasteiger partial charge in [-0.3, -0.25) is 0 Å². The van der Waals surface area contributed by atoms with Gasteiger partial charge in [0.15, 0.2) is 6.61 Å². The van der Waals surface area contributed by atoms with Crippen LogP contribution in [-0.2, 0) is 4.74 Å². The van der Waals surface area contributed by atoms with Crippen LogP contribution < -0.4 is 10.1 Å². The van der Waals surface area contributed by atoms with E-state index in [2.05, 4.69) is 5.32 Å². The van der Waals surface area contributed by atoms with Gasteiger partial charge in [0.05, 0.1) is 6.10 Å². The van der Waals surface area contributed by atoms with Crippen LogP contribution in [0, 0.1) is 11.3 Å². The van der Waals surface area contributed by atoms with Gasteiger partial charge in [-0.15, -0.1) is 0 Å². The number of nitrogens with zero attached hydrogens (tertiary/aromatic N) is 1. The first-order chi connectivity index (χ1) is 9.31. The van der Waals surface area contributed by atoms with Crippen LogP contribution in [-0.4, -0.2) is 25.9 Å². The van der Waals surface area contributed by atoms with E-state index in [4.69, 9.17) is 14.7 Å². The zero-order valence-corrected chi connectivity index (χ0v) is 11.3. The standard InChI is InChI=1S/C15H20N2O2/c1-18-15-4-2-3-13(11-15)17-12-5-7-14(8-6-12)19-10-9-16/h5-8,13,15,17H,2-4,10-11H2,1H3. The second-order valence-corrected chi connectivity index (χ2v) is 4.84. The Morgan fingerprint density at radius 3 is 2.79 bits per heavy atom. The molecule has 2 unspecified atom stereocenters. The fourth-order valence-electron chi connectivity index (χ4n) is 2.49. The quantitative estimate of drug-likeness (QED) is 0.884. The lowest BCUT2D eigenvalue weighted by Gasteiger charge is -2.29. The summed E-state index contributed by atoms with van der Waals surface area (Å²) in [6.07, 6.45) is 5.00. The molecule has 0 aliphatic heterocycles. The minimum absolute atomic E-state index is 0.0882. The highest BCUT2D eigenvalue weighted by Gasteiger charge is 2.21. The van der Waals surface area contributed by atoms with Crippen molar-refractivity contribution in [2.24, 2.45) is 0 Å². The van der Waals surface area contributed by atoms with Crippen molar-refractivity contribution in [3.05, 3.63) is 24.3 Å². The van der Waals surface area contributed by atoms with E-state index in [9.17, 15) is 0 Å². The van der Waals surface area contributed by atoms with E-state index in [0.29, 0.717) is 12.1 Å². The van der Waals surface area contributed by atoms with Crippen molar-refractivity contribution >= 4 is 5.69 Å². The first kappa shape index (κ1) is 13.7. The Balaban J connectivity index is 1.87. The molecule has 19 heavy (non-hydrogen) atoms. The molecule has 2 atom stereocenters. The van der Waals surface area contributed by atoms with E-state index in [-0.39, 0.29) is 6.61 Å². The van der Waals surface area contributed by atoms with E-state index >= 15 is 0 Å². The Hall–Kier alpha value is -1.73. The maximum atomic E-state index is 8.45. The largest absolute Gasteiger partial charge is 0.479 e. The van der Waals surface area contributed by atoms with Crippen molar-refractivity contribution in [3.63, 3.8) is 0 Å². The van der Waals surface area contributed by atoms with Crippen LogP contribution in [0.5, 0.6) is 5.75 Å². The Bertz CT molecular complexity index is 425. The Kier molecular flexibility index (Phi) is 5.05. The molecule has 0 aromatic heterocycles. The van der Waals surface area contributed by atoms with Gasteiger partial charge < -0.3 is 14.8 Å². The van der Waals surface area contributed by atoms with Crippen molar-refractivity contribution in [1.29, 1.82) is 5.26 Å². The van der Waals surface area contributed by atoms with E-state index < -0.39 is 0 Å². The lowest BCUT2D eigenvalue weighted by Crippen LogP contribution is -2.30. The van der Waals surface area contributed by atoms with E-state index in [1.54, 1.807) is 7.11 Å². The third-order valence-corrected chi connectivity index (χ3v) is 3.49. The van der Waals surface area contributed by atoms with Crippen molar-refractivity contribution in [1.82, 2.24) is 0 Å². The minimum Gasteiger partial charge on any atom is -0.479 e. The van der Waals surface area contributed by atoms with Crippen LogP contribution in [0.4, 0.5) is 5.69 Å². The van der Waals surface area contributed by atoms with Gasteiger partial charge >= 0.3 is 0 Å². The van der Waals surface area contributed by atoms with Crippen LogP contribution in [0.3, 0.4) is 0 Å². The van der Waals surface area contributed by atoms with Gasteiger partial charge in [0.2, 0.25) is 0 Å². The highest BCUT2D eigenvalue weighted by Crippen LogP contribution is 2.24. The van der Waals surface area contributed by atoms with Gasteiger partial charge in [0, 0.05) is 18.8 Å². The maximum absolute atomic E-state index is 8.45. The van der Waals surface area contributed by atoms with Gasteiger partial charge in [-0.1, -0.05) is 0 Å². The van der Waals surface area contributed by atoms with Crippen LogP contribution >= 0.6 is 0 Å². The number of ether oxygens (including phenoxy) is 2. The minimum atomic E-state index is 0.0882. The van der Waals surface area contributed by atoms with Crippen LogP contribution in [0.15, 0.2) is 24.3 Å². The monoisotopic (exact) mass is 260 g/mol. The molecule has 102 valence electrons. The molecule has 1 saturated carbocycles. The number of nitrogens with one attached hydrogen (secondary N) is 1. The summed E-state index contributed by atoms with van der Waals surface area (Å²) in [5.74, 6) is 0.727. The summed E-state index contributed by atoms with van der Waals surface area (Å²) in [4.78, 5) is 0. The van der Waals surface area contributed by atoms with Crippen LogP contribution in [0.2, 0.25) is 0 Å². The molecule has 1 aliphatic carbocycles. The number of anilines is 1. The third-order valence-electron chi connectivity index (χ3n) is 3.49. The first-order valence-corrected chi connectivity index (χ1v) is 6.71. The highest BCUT2D eigenvalue weighted by atomic mass is 16.5. The van der Waals surface area contributed by atoms with Gasteiger partial charge in [-0.25, -0.2) is 0 Å². The fourth-order valence-corrected chi connectivity index (χ4v) is 2.49. The van der Waals surface area contributed by atoms with E-state index in [1.807, 2.05) is 30.3 Å². The molecule has 1 N–H and O–H groups in total. The number of rotatable bonds is 5. The maximum Gasteiger partial charge on any atom is 0.174 e. The Morgan fingerprint density at radius 2 is 2.11 bits per heavy atom. The number of methoxy groups -OCH3 is 1. The van der Waals surface area contributed by atoms with Crippen LogP contribution in [0.25, 0.3) is 0 Å². The average Bonchev–Trinajstić information content (AvgIpc) is 2.47. The van der Waals surface area contributed by atoms with Crippen molar-refractivity contribution in [2.75, 3.05) is 19.0 Å². The number of hydrogen-bond acceptors (Lipinski definition) is 4. The molecule has 4 heteroatoms. The Morgan fingerprint density at radius 1 is 1.32 bits per heavy atom. The summed E-state index contributed by atoms with van der Waals surface area (Å²) in [7, 11) is 1.79. The molecule has 0 saturated heterocycles. The van der Waals surface area contributed by atoms with Gasteiger partial charge in [-0.2, -0.15) is 5.26 Å². The predicted octanol–water partition coefficient (Wildman–Crippen LogP) is 2.96. The Labute approximate surface area is 114 Å². The summed E-state index contributed by atoms with van der Waals surface area (Å²) in [5.41, 5.74) is 1.09. The second kappa shape index (κ2) is 7.01. The van der Waals surface area contributed by atoms with E-state index in [1.165, 1.54) is 12.8 Å². The van der Waals surface area contributed by atoms with Gasteiger partial charge in [-0.05, 0) is 49.9 Å². The lowest BCUT2D eigenvalue weighted by molar-refractivity contribution is 0.0669. The highest BCUT2D eigenvalue weighted by molar-refractivity contribution is 5.47. The number of benzene rings is 1. The summed E-state index contributed by atoms with van der Waals surface area (Å²) in [6, 6.07) is 10.2. The third kappa shape index (κ3) is 4.15. The molecule has 1 aromatic carbocycles. The molecular weight excluding hydrogens is 240 g/mol.